The summed E-state index contributed by atoms with van der Waals surface area (Å²) in [6.45, 7) is 0.176. The van der Waals surface area contributed by atoms with Crippen LogP contribution in [0.3, 0.4) is 0 Å². The Kier molecular flexibility index (Phi) is 3.97. The van der Waals surface area contributed by atoms with Crippen molar-refractivity contribution in [3.63, 3.8) is 0 Å². The zero-order valence-corrected chi connectivity index (χ0v) is 14.1. The molecule has 0 bridgehead atoms. The third kappa shape index (κ3) is 3.00. The monoisotopic (exact) mass is 358 g/mol. The molecule has 1 aliphatic carbocycles. The minimum absolute atomic E-state index is 0.143. The number of sulfone groups is 1. The van der Waals surface area contributed by atoms with Gasteiger partial charge in [0.25, 0.3) is 0 Å². The van der Waals surface area contributed by atoms with Gasteiger partial charge in [0.1, 0.15) is 0 Å². The smallest absolute Gasteiger partial charge is 0.235 e. The molecule has 1 aromatic rings. The lowest BCUT2D eigenvalue weighted by Gasteiger charge is -2.27. The van der Waals surface area contributed by atoms with E-state index in [1.54, 1.807) is 18.2 Å². The molecule has 9 heteroatoms. The summed E-state index contributed by atoms with van der Waals surface area (Å²) >= 11 is 0. The van der Waals surface area contributed by atoms with Crippen LogP contribution in [0.25, 0.3) is 0 Å². The van der Waals surface area contributed by atoms with E-state index in [2.05, 4.69) is 5.32 Å². The second-order valence-electron chi connectivity index (χ2n) is 5.94. The van der Waals surface area contributed by atoms with E-state index in [4.69, 9.17) is 0 Å². The van der Waals surface area contributed by atoms with Gasteiger partial charge in [-0.05, 0) is 25.0 Å². The number of hydrogen-bond acceptors (Lipinski definition) is 5. The third-order valence-electron chi connectivity index (χ3n) is 4.27. The molecule has 1 amide bonds. The predicted octanol–water partition coefficient (Wildman–Crippen LogP) is -0.245. The lowest BCUT2D eigenvalue weighted by Crippen LogP contribution is -2.52. The van der Waals surface area contributed by atoms with E-state index in [0.717, 1.165) is 4.31 Å². The fourth-order valence-corrected chi connectivity index (χ4v) is 7.30. The van der Waals surface area contributed by atoms with E-state index >= 15 is 0 Å². The molecule has 0 spiro atoms. The lowest BCUT2D eigenvalue weighted by molar-refractivity contribution is -0.122. The number of sulfonamides is 1. The molecule has 23 heavy (non-hydrogen) atoms. The van der Waals surface area contributed by atoms with Gasteiger partial charge in [-0.3, -0.25) is 4.79 Å². The minimum atomic E-state index is -3.81. The topological polar surface area (TPSA) is 101 Å². The van der Waals surface area contributed by atoms with Crippen LogP contribution in [0.4, 0.5) is 0 Å². The van der Waals surface area contributed by atoms with Gasteiger partial charge < -0.3 is 5.32 Å². The van der Waals surface area contributed by atoms with E-state index in [1.807, 2.05) is 0 Å². The Morgan fingerprint density at radius 3 is 2.30 bits per heavy atom. The molecule has 0 atom stereocenters. The highest BCUT2D eigenvalue weighted by molar-refractivity contribution is 7.95. The van der Waals surface area contributed by atoms with Crippen molar-refractivity contribution in [2.24, 2.45) is 0 Å². The number of amides is 1. The van der Waals surface area contributed by atoms with Crippen LogP contribution in [0, 0.1) is 0 Å². The van der Waals surface area contributed by atoms with Crippen molar-refractivity contribution in [3.05, 3.63) is 30.3 Å². The van der Waals surface area contributed by atoms with Gasteiger partial charge in [0.15, 0.2) is 9.84 Å². The van der Waals surface area contributed by atoms with E-state index in [0.29, 0.717) is 12.8 Å². The Labute approximate surface area is 135 Å². The van der Waals surface area contributed by atoms with Crippen LogP contribution in [0.5, 0.6) is 0 Å². The molecule has 7 nitrogen and oxygen atoms in total. The van der Waals surface area contributed by atoms with Gasteiger partial charge in [-0.25, -0.2) is 16.8 Å². The van der Waals surface area contributed by atoms with Gasteiger partial charge in [0.05, 0.1) is 21.9 Å². The van der Waals surface area contributed by atoms with Crippen molar-refractivity contribution in [1.29, 1.82) is 0 Å². The number of carbonyl (C=O) groups excluding carboxylic acids is 1. The van der Waals surface area contributed by atoms with Crippen molar-refractivity contribution in [3.8, 4) is 0 Å². The molecule has 0 radical (unpaired) electrons. The summed E-state index contributed by atoms with van der Waals surface area (Å²) in [4.78, 5) is 11.5. The van der Waals surface area contributed by atoms with Crippen LogP contribution in [-0.2, 0) is 24.7 Å². The highest BCUT2D eigenvalue weighted by atomic mass is 32.2. The van der Waals surface area contributed by atoms with Crippen LogP contribution >= 0.6 is 0 Å². The molecule has 1 saturated carbocycles. The molecular weight excluding hydrogens is 340 g/mol. The van der Waals surface area contributed by atoms with Gasteiger partial charge in [-0.15, -0.1) is 0 Å². The molecular formula is C14H18N2O5S2. The average molecular weight is 358 g/mol. The van der Waals surface area contributed by atoms with Crippen LogP contribution in [0.15, 0.2) is 35.2 Å². The molecule has 2 aliphatic rings. The van der Waals surface area contributed by atoms with Gasteiger partial charge >= 0.3 is 0 Å². The Morgan fingerprint density at radius 2 is 1.74 bits per heavy atom. The molecule has 0 unspecified atom stereocenters. The van der Waals surface area contributed by atoms with Crippen LogP contribution in [-0.4, -0.2) is 57.2 Å². The number of piperazine rings is 1. The second-order valence-corrected chi connectivity index (χ2v) is 10.3. The number of nitrogens with one attached hydrogen (secondary N) is 1. The number of hydrogen-bond donors (Lipinski definition) is 1. The number of nitrogens with zero attached hydrogens (tertiary/aromatic N) is 1. The van der Waals surface area contributed by atoms with Crippen LogP contribution < -0.4 is 5.32 Å². The SMILES string of the molecule is O=C1CN(S(=O)(=O)CC2(S(=O)(=O)c3ccccc3)CC2)CCN1. The summed E-state index contributed by atoms with van der Waals surface area (Å²) in [7, 11) is -7.53. The van der Waals surface area contributed by atoms with Crippen molar-refractivity contribution in [2.45, 2.75) is 22.5 Å². The molecule has 0 aromatic heterocycles. The van der Waals surface area contributed by atoms with Crippen LogP contribution in [0.2, 0.25) is 0 Å². The first-order valence-corrected chi connectivity index (χ1v) is 10.4. The Bertz CT molecular complexity index is 814. The molecule has 1 N–H and O–H groups in total. The first kappa shape index (κ1) is 16.4. The molecule has 1 saturated heterocycles. The quantitative estimate of drug-likeness (QED) is 0.783. The maximum absolute atomic E-state index is 12.8. The molecule has 2 fully saturated rings. The highest BCUT2D eigenvalue weighted by Crippen LogP contribution is 2.48. The van der Waals surface area contributed by atoms with E-state index in [1.165, 1.54) is 12.1 Å². The fourth-order valence-electron chi connectivity index (χ4n) is 2.76. The van der Waals surface area contributed by atoms with Gasteiger partial charge in [-0.1, -0.05) is 18.2 Å². The number of benzene rings is 1. The van der Waals surface area contributed by atoms with Crippen molar-refractivity contribution < 1.29 is 21.6 Å². The fraction of sp³-hybridized carbons (Fsp3) is 0.500. The normalized spacial score (nSPS) is 21.7. The molecule has 1 aromatic carbocycles. The van der Waals surface area contributed by atoms with E-state index in [-0.39, 0.29) is 30.4 Å². The lowest BCUT2D eigenvalue weighted by atomic mass is 10.4. The second kappa shape index (κ2) is 5.57. The molecule has 3 rings (SSSR count). The third-order valence-corrected chi connectivity index (χ3v) is 9.06. The largest absolute Gasteiger partial charge is 0.354 e. The Morgan fingerprint density at radius 1 is 1.09 bits per heavy atom. The molecule has 1 heterocycles. The summed E-state index contributed by atoms with van der Waals surface area (Å²) in [6, 6.07) is 7.91. The maximum atomic E-state index is 12.8. The molecule has 1 aliphatic heterocycles. The highest BCUT2D eigenvalue weighted by Gasteiger charge is 2.58. The maximum Gasteiger partial charge on any atom is 0.235 e. The summed E-state index contributed by atoms with van der Waals surface area (Å²) in [5.74, 6) is -0.833. The summed E-state index contributed by atoms with van der Waals surface area (Å²) in [6.07, 6.45) is 0.646. The number of rotatable bonds is 5. The first-order chi connectivity index (χ1) is 10.8. The van der Waals surface area contributed by atoms with Crippen molar-refractivity contribution in [2.75, 3.05) is 25.4 Å². The Hall–Kier alpha value is -1.45. The van der Waals surface area contributed by atoms with E-state index in [9.17, 15) is 21.6 Å². The average Bonchev–Trinajstić information content (AvgIpc) is 3.29. The summed E-state index contributed by atoms with van der Waals surface area (Å²) in [5.41, 5.74) is 0. The summed E-state index contributed by atoms with van der Waals surface area (Å²) in [5, 5.41) is 2.56. The van der Waals surface area contributed by atoms with Gasteiger partial charge in [-0.2, -0.15) is 4.31 Å². The van der Waals surface area contributed by atoms with Crippen molar-refractivity contribution in [1.82, 2.24) is 9.62 Å². The zero-order valence-electron chi connectivity index (χ0n) is 12.4. The van der Waals surface area contributed by atoms with Gasteiger partial charge in [0.2, 0.25) is 15.9 Å². The Balaban J connectivity index is 1.86. The van der Waals surface area contributed by atoms with Crippen LogP contribution in [0.1, 0.15) is 12.8 Å². The first-order valence-electron chi connectivity index (χ1n) is 7.31. The molecule has 126 valence electrons. The zero-order chi connectivity index (χ0) is 16.7. The summed E-state index contributed by atoms with van der Waals surface area (Å²) < 4.78 is 50.5. The minimum Gasteiger partial charge on any atom is -0.354 e. The van der Waals surface area contributed by atoms with E-state index < -0.39 is 30.4 Å². The van der Waals surface area contributed by atoms with Gasteiger partial charge in [0, 0.05) is 13.1 Å². The number of carbonyl (C=O) groups is 1. The van der Waals surface area contributed by atoms with Crippen molar-refractivity contribution >= 4 is 25.8 Å². The predicted molar refractivity (Wildman–Crippen MR) is 84.0 cm³/mol. The standard InChI is InChI=1S/C14H18N2O5S2/c17-13-10-16(9-8-15-13)22(18,19)11-14(6-7-14)23(20,21)12-4-2-1-3-5-12/h1-5H,6-11H2,(H,15,17).